The fourth-order valence-electron chi connectivity index (χ4n) is 1.74. The van der Waals surface area contributed by atoms with Crippen molar-refractivity contribution in [3.63, 3.8) is 0 Å². The SMILES string of the molecule is CC(C)CNCCCCCOc1cc(Br)cc(F)c1F. The largest absolute Gasteiger partial charge is 0.490 e. The Balaban J connectivity index is 2.16. The minimum Gasteiger partial charge on any atom is -0.490 e. The van der Waals surface area contributed by atoms with Crippen LogP contribution in [0.4, 0.5) is 8.78 Å². The molecule has 0 heterocycles. The van der Waals surface area contributed by atoms with Crippen LogP contribution in [0.5, 0.6) is 5.75 Å². The van der Waals surface area contributed by atoms with Crippen LogP contribution >= 0.6 is 15.9 Å². The maximum atomic E-state index is 13.4. The van der Waals surface area contributed by atoms with E-state index in [0.717, 1.165) is 38.4 Å². The molecule has 5 heteroatoms. The van der Waals surface area contributed by atoms with E-state index < -0.39 is 11.6 Å². The topological polar surface area (TPSA) is 21.3 Å². The van der Waals surface area contributed by atoms with Crippen LogP contribution in [-0.4, -0.2) is 19.7 Å². The molecule has 0 radical (unpaired) electrons. The van der Waals surface area contributed by atoms with E-state index >= 15 is 0 Å². The molecule has 0 unspecified atom stereocenters. The molecule has 0 saturated heterocycles. The summed E-state index contributed by atoms with van der Waals surface area (Å²) in [6.07, 6.45) is 2.89. The highest BCUT2D eigenvalue weighted by Crippen LogP contribution is 2.25. The first-order valence-corrected chi connectivity index (χ1v) is 7.78. The van der Waals surface area contributed by atoms with Gasteiger partial charge in [-0.3, -0.25) is 0 Å². The number of benzene rings is 1. The molecular weight excluding hydrogens is 328 g/mol. The van der Waals surface area contributed by atoms with Crippen LogP contribution in [0.15, 0.2) is 16.6 Å². The van der Waals surface area contributed by atoms with Gasteiger partial charge in [0.1, 0.15) is 0 Å². The van der Waals surface area contributed by atoms with Gasteiger partial charge in [0.05, 0.1) is 6.61 Å². The third-order valence-electron chi connectivity index (χ3n) is 2.77. The van der Waals surface area contributed by atoms with Gasteiger partial charge in [-0.15, -0.1) is 0 Å². The number of ether oxygens (including phenoxy) is 1. The fourth-order valence-corrected chi connectivity index (χ4v) is 2.15. The minimum atomic E-state index is -0.924. The average Bonchev–Trinajstić information content (AvgIpc) is 2.37. The van der Waals surface area contributed by atoms with Crippen LogP contribution in [0.25, 0.3) is 0 Å². The zero-order valence-electron chi connectivity index (χ0n) is 12.0. The summed E-state index contributed by atoms with van der Waals surface area (Å²) in [4.78, 5) is 0. The van der Waals surface area contributed by atoms with Gasteiger partial charge < -0.3 is 10.1 Å². The van der Waals surface area contributed by atoms with Gasteiger partial charge in [-0.2, -0.15) is 4.39 Å². The predicted octanol–water partition coefficient (Wildman–Crippen LogP) is 4.52. The van der Waals surface area contributed by atoms with Crippen molar-refractivity contribution >= 4 is 15.9 Å². The average molecular weight is 350 g/mol. The van der Waals surface area contributed by atoms with E-state index in [1.165, 1.54) is 6.07 Å². The van der Waals surface area contributed by atoms with Crippen molar-refractivity contribution in [3.05, 3.63) is 28.2 Å². The monoisotopic (exact) mass is 349 g/mol. The van der Waals surface area contributed by atoms with Crippen LogP contribution in [-0.2, 0) is 0 Å². The Hall–Kier alpha value is -0.680. The van der Waals surface area contributed by atoms with E-state index in [1.54, 1.807) is 0 Å². The summed E-state index contributed by atoms with van der Waals surface area (Å²) in [6, 6.07) is 2.53. The second-order valence-electron chi connectivity index (χ2n) is 5.21. The number of hydrogen-bond acceptors (Lipinski definition) is 2. The Morgan fingerprint density at radius 3 is 2.65 bits per heavy atom. The molecule has 0 bridgehead atoms. The standard InChI is InChI=1S/C15H22BrF2NO/c1-11(2)10-19-6-4-3-5-7-20-14-9-12(16)8-13(17)15(14)18/h8-9,11,19H,3-7,10H2,1-2H3. The molecule has 1 N–H and O–H groups in total. The van der Waals surface area contributed by atoms with Crippen LogP contribution in [0, 0.1) is 17.6 Å². The van der Waals surface area contributed by atoms with E-state index in [2.05, 4.69) is 35.1 Å². The summed E-state index contributed by atoms with van der Waals surface area (Å²) in [5, 5.41) is 3.36. The maximum Gasteiger partial charge on any atom is 0.200 e. The molecule has 0 amide bonds. The Morgan fingerprint density at radius 2 is 1.95 bits per heavy atom. The molecule has 114 valence electrons. The Bertz CT molecular complexity index is 413. The number of halogens is 3. The van der Waals surface area contributed by atoms with E-state index in [9.17, 15) is 8.78 Å². The molecule has 0 aliphatic heterocycles. The lowest BCUT2D eigenvalue weighted by atomic mass is 10.2. The van der Waals surface area contributed by atoms with Gasteiger partial charge in [0, 0.05) is 4.47 Å². The molecule has 1 rings (SSSR count). The molecule has 0 aromatic heterocycles. The Morgan fingerprint density at radius 1 is 1.20 bits per heavy atom. The smallest absolute Gasteiger partial charge is 0.200 e. The Kier molecular flexibility index (Phi) is 8.07. The van der Waals surface area contributed by atoms with E-state index in [4.69, 9.17) is 4.74 Å². The molecule has 1 aromatic carbocycles. The summed E-state index contributed by atoms with van der Waals surface area (Å²) in [6.45, 7) is 6.76. The van der Waals surface area contributed by atoms with Crippen molar-refractivity contribution in [1.82, 2.24) is 5.32 Å². The van der Waals surface area contributed by atoms with Crippen LogP contribution in [0.1, 0.15) is 33.1 Å². The highest BCUT2D eigenvalue weighted by atomic mass is 79.9. The number of hydrogen-bond donors (Lipinski definition) is 1. The summed E-state index contributed by atoms with van der Waals surface area (Å²) in [7, 11) is 0. The quantitative estimate of drug-likeness (QED) is 0.522. The summed E-state index contributed by atoms with van der Waals surface area (Å²) in [5.41, 5.74) is 0. The lowest BCUT2D eigenvalue weighted by Gasteiger charge is -2.09. The summed E-state index contributed by atoms with van der Waals surface area (Å²) in [5.74, 6) is -1.19. The van der Waals surface area contributed by atoms with Gasteiger partial charge in [0.15, 0.2) is 11.6 Å². The molecule has 2 nitrogen and oxygen atoms in total. The molecule has 0 aliphatic carbocycles. The molecule has 1 aromatic rings. The van der Waals surface area contributed by atoms with Gasteiger partial charge in [-0.05, 0) is 50.4 Å². The minimum absolute atomic E-state index is 0.0326. The highest BCUT2D eigenvalue weighted by molar-refractivity contribution is 9.10. The highest BCUT2D eigenvalue weighted by Gasteiger charge is 2.10. The zero-order chi connectivity index (χ0) is 15.0. The van der Waals surface area contributed by atoms with Crippen molar-refractivity contribution in [3.8, 4) is 5.75 Å². The van der Waals surface area contributed by atoms with E-state index in [1.807, 2.05) is 0 Å². The van der Waals surface area contributed by atoms with Crippen molar-refractivity contribution < 1.29 is 13.5 Å². The third kappa shape index (κ3) is 6.66. The molecule has 0 fully saturated rings. The second kappa shape index (κ2) is 9.29. The zero-order valence-corrected chi connectivity index (χ0v) is 13.6. The molecule has 0 aliphatic rings. The van der Waals surface area contributed by atoms with E-state index in [-0.39, 0.29) is 5.75 Å². The third-order valence-corrected chi connectivity index (χ3v) is 3.23. The van der Waals surface area contributed by atoms with Gasteiger partial charge in [-0.1, -0.05) is 29.8 Å². The van der Waals surface area contributed by atoms with Crippen molar-refractivity contribution in [2.75, 3.05) is 19.7 Å². The first-order chi connectivity index (χ1) is 9.50. The first-order valence-electron chi connectivity index (χ1n) is 6.98. The summed E-state index contributed by atoms with van der Waals surface area (Å²) >= 11 is 3.11. The van der Waals surface area contributed by atoms with Crippen LogP contribution in [0.3, 0.4) is 0 Å². The molecule has 20 heavy (non-hydrogen) atoms. The van der Waals surface area contributed by atoms with Crippen molar-refractivity contribution in [2.45, 2.75) is 33.1 Å². The lowest BCUT2D eigenvalue weighted by Crippen LogP contribution is -2.20. The first kappa shape index (κ1) is 17.4. The number of rotatable bonds is 9. The molecule has 0 spiro atoms. The van der Waals surface area contributed by atoms with Crippen LogP contribution < -0.4 is 10.1 Å². The van der Waals surface area contributed by atoms with Gasteiger partial charge >= 0.3 is 0 Å². The summed E-state index contributed by atoms with van der Waals surface area (Å²) < 4.78 is 32.3. The normalized spacial score (nSPS) is 11.1. The van der Waals surface area contributed by atoms with Gasteiger partial charge in [-0.25, -0.2) is 4.39 Å². The number of nitrogens with one attached hydrogen (secondary N) is 1. The lowest BCUT2D eigenvalue weighted by molar-refractivity contribution is 0.285. The predicted molar refractivity (Wildman–Crippen MR) is 81.1 cm³/mol. The molecule has 0 atom stereocenters. The van der Waals surface area contributed by atoms with Crippen molar-refractivity contribution in [1.29, 1.82) is 0 Å². The Labute approximate surface area is 128 Å². The number of unbranched alkanes of at least 4 members (excludes halogenated alkanes) is 2. The van der Waals surface area contributed by atoms with E-state index in [0.29, 0.717) is 17.0 Å². The molecular formula is C15H22BrF2NO. The van der Waals surface area contributed by atoms with Crippen LogP contribution in [0.2, 0.25) is 0 Å². The van der Waals surface area contributed by atoms with Gasteiger partial charge in [0.2, 0.25) is 5.82 Å². The fraction of sp³-hybridized carbons (Fsp3) is 0.600. The van der Waals surface area contributed by atoms with Gasteiger partial charge in [0.25, 0.3) is 0 Å². The maximum absolute atomic E-state index is 13.4. The molecule has 0 saturated carbocycles. The van der Waals surface area contributed by atoms with Crippen molar-refractivity contribution in [2.24, 2.45) is 5.92 Å². The second-order valence-corrected chi connectivity index (χ2v) is 6.12.